The summed E-state index contributed by atoms with van der Waals surface area (Å²) in [5.41, 5.74) is 16.0. The Morgan fingerprint density at radius 2 is 0.982 bits per heavy atom. The number of benzene rings is 8. The van der Waals surface area contributed by atoms with Gasteiger partial charge in [-0.15, -0.1) is 0 Å². The molecule has 0 aromatic heterocycles. The van der Waals surface area contributed by atoms with Crippen LogP contribution in [0.2, 0.25) is 0 Å². The van der Waals surface area contributed by atoms with Gasteiger partial charge in [-0.25, -0.2) is 0 Å². The van der Waals surface area contributed by atoms with Crippen LogP contribution in [-0.2, 0) is 6.42 Å². The molecule has 1 aliphatic heterocycles. The lowest BCUT2D eigenvalue weighted by Gasteiger charge is -2.19. The zero-order valence-corrected chi connectivity index (χ0v) is 32.1. The minimum Gasteiger partial charge on any atom is -0.251 e. The molecule has 0 aliphatic carbocycles. The van der Waals surface area contributed by atoms with E-state index in [0.29, 0.717) is 0 Å². The number of hydrogen-bond donors (Lipinski definition) is 0. The molecule has 9 rings (SSSR count). The van der Waals surface area contributed by atoms with Crippen molar-refractivity contribution in [3.63, 3.8) is 0 Å². The average Bonchev–Trinajstić information content (AvgIpc) is 3.44. The fourth-order valence-corrected chi connectivity index (χ4v) is 8.64. The topological polar surface area (TPSA) is 12.4 Å². The largest absolute Gasteiger partial charge is 0.251 e. The first-order valence-electron chi connectivity index (χ1n) is 20.0. The lowest BCUT2D eigenvalue weighted by Crippen LogP contribution is -2.13. The van der Waals surface area contributed by atoms with Crippen LogP contribution >= 0.6 is 0 Å². The molecule has 0 saturated carbocycles. The van der Waals surface area contributed by atoms with Crippen LogP contribution in [0.25, 0.3) is 55.1 Å². The predicted octanol–water partition coefficient (Wildman–Crippen LogP) is 14.7. The molecule has 1 heterocycles. The lowest BCUT2D eigenvalue weighted by atomic mass is 9.85. The van der Waals surface area contributed by atoms with E-state index in [1.807, 2.05) is 0 Å². The number of nitrogens with zero attached hydrogens (tertiary/aromatic N) is 1. The average molecular weight is 720 g/mol. The van der Waals surface area contributed by atoms with Crippen LogP contribution in [0.3, 0.4) is 0 Å². The van der Waals surface area contributed by atoms with Gasteiger partial charge in [0.1, 0.15) is 0 Å². The van der Waals surface area contributed by atoms with E-state index in [0.717, 1.165) is 41.8 Å². The van der Waals surface area contributed by atoms with Crippen LogP contribution in [0.5, 0.6) is 0 Å². The van der Waals surface area contributed by atoms with E-state index < -0.39 is 0 Å². The number of aliphatic imine (C=N–C) groups is 1. The fourth-order valence-electron chi connectivity index (χ4n) is 8.64. The van der Waals surface area contributed by atoms with Crippen molar-refractivity contribution in [3.05, 3.63) is 228 Å². The minimum absolute atomic E-state index is 0.171. The summed E-state index contributed by atoms with van der Waals surface area (Å²) in [4.78, 5) is 5.60. The van der Waals surface area contributed by atoms with E-state index in [-0.39, 0.29) is 5.92 Å². The SMILES string of the molecule is CCC1=C(c2ccccc2)N=C(c2ccc(-c3ccc4c(-c5ccccc5)c5ccccc5c(Cc5ccccc5)c4c3)cc2)C(CC)C=C1c1ccccc1. The molecular formula is C55H45N. The van der Waals surface area contributed by atoms with Gasteiger partial charge in [-0.2, -0.15) is 0 Å². The fraction of sp³-hybridized carbons (Fsp3) is 0.109. The number of hydrogen-bond acceptors (Lipinski definition) is 1. The van der Waals surface area contributed by atoms with Crippen LogP contribution in [0.1, 0.15) is 54.5 Å². The number of allylic oxidation sites excluding steroid dienone is 3. The molecule has 1 nitrogen and oxygen atoms in total. The smallest absolute Gasteiger partial charge is 0.0743 e. The van der Waals surface area contributed by atoms with Gasteiger partial charge in [0.2, 0.25) is 0 Å². The number of rotatable bonds is 9. The molecule has 270 valence electrons. The van der Waals surface area contributed by atoms with Crippen molar-refractivity contribution in [3.8, 4) is 22.3 Å². The first-order chi connectivity index (χ1) is 27.7. The summed E-state index contributed by atoms with van der Waals surface area (Å²) in [7, 11) is 0. The third-order valence-electron chi connectivity index (χ3n) is 11.4. The maximum Gasteiger partial charge on any atom is 0.0743 e. The zero-order valence-electron chi connectivity index (χ0n) is 32.1. The molecule has 0 bridgehead atoms. The van der Waals surface area contributed by atoms with Crippen molar-refractivity contribution >= 4 is 38.5 Å². The second kappa shape index (κ2) is 15.7. The lowest BCUT2D eigenvalue weighted by molar-refractivity contribution is 0.819. The van der Waals surface area contributed by atoms with Gasteiger partial charge in [0.15, 0.2) is 0 Å². The molecule has 8 aromatic rings. The summed E-state index contributed by atoms with van der Waals surface area (Å²) in [5.74, 6) is 0.171. The molecular weight excluding hydrogens is 675 g/mol. The maximum atomic E-state index is 5.60. The van der Waals surface area contributed by atoms with E-state index in [4.69, 9.17) is 4.99 Å². The van der Waals surface area contributed by atoms with Gasteiger partial charge in [0, 0.05) is 11.5 Å². The minimum atomic E-state index is 0.171. The second-order valence-electron chi connectivity index (χ2n) is 14.8. The van der Waals surface area contributed by atoms with Crippen molar-refractivity contribution in [1.29, 1.82) is 0 Å². The van der Waals surface area contributed by atoms with E-state index in [1.165, 1.54) is 71.6 Å². The molecule has 0 amide bonds. The Balaban J connectivity index is 1.18. The Morgan fingerprint density at radius 3 is 1.62 bits per heavy atom. The molecule has 1 heteroatoms. The van der Waals surface area contributed by atoms with Gasteiger partial charge in [0.25, 0.3) is 0 Å². The molecule has 1 atom stereocenters. The van der Waals surface area contributed by atoms with Gasteiger partial charge < -0.3 is 0 Å². The van der Waals surface area contributed by atoms with Gasteiger partial charge in [-0.05, 0) is 103 Å². The van der Waals surface area contributed by atoms with E-state index >= 15 is 0 Å². The highest BCUT2D eigenvalue weighted by atomic mass is 14.8. The number of fused-ring (bicyclic) bond motifs is 2. The molecule has 0 N–H and O–H groups in total. The first kappa shape index (κ1) is 35.2. The summed E-state index contributed by atoms with van der Waals surface area (Å²) in [6, 6.07) is 68.5. The maximum absolute atomic E-state index is 5.60. The highest BCUT2D eigenvalue weighted by molar-refractivity contribution is 6.16. The Morgan fingerprint density at radius 1 is 0.446 bits per heavy atom. The summed E-state index contributed by atoms with van der Waals surface area (Å²) in [5, 5.41) is 5.19. The standard InChI is InChI=1S/C55H45N/c1-3-39-36-50(41-21-11-6-12-22-41)46(4-2)55(43-25-15-8-16-26-43)56-54(39)44-31-29-40(30-32-44)45-33-34-49-52(37-45)51(35-38-19-9-5-10-20-38)47-27-17-18-28-48(47)53(49)42-23-13-7-14-24-42/h5-34,36-37,39H,3-4,35H2,1-2H3. The quantitative estimate of drug-likeness (QED) is 0.132. The van der Waals surface area contributed by atoms with Crippen LogP contribution < -0.4 is 0 Å². The molecule has 1 aliphatic rings. The van der Waals surface area contributed by atoms with Gasteiger partial charge in [-0.3, -0.25) is 4.99 Å². The summed E-state index contributed by atoms with van der Waals surface area (Å²) >= 11 is 0. The molecule has 56 heavy (non-hydrogen) atoms. The van der Waals surface area contributed by atoms with Gasteiger partial charge >= 0.3 is 0 Å². The van der Waals surface area contributed by atoms with Gasteiger partial charge in [-0.1, -0.05) is 202 Å². The van der Waals surface area contributed by atoms with Crippen LogP contribution in [0.15, 0.2) is 205 Å². The Bertz CT molecular complexity index is 2740. The molecule has 1 unspecified atom stereocenters. The molecule has 8 aromatic carbocycles. The van der Waals surface area contributed by atoms with E-state index in [1.54, 1.807) is 0 Å². The Kier molecular flexibility index (Phi) is 9.82. The molecule has 0 spiro atoms. The zero-order chi connectivity index (χ0) is 37.8. The highest BCUT2D eigenvalue weighted by Gasteiger charge is 2.24. The highest BCUT2D eigenvalue weighted by Crippen LogP contribution is 2.42. The van der Waals surface area contributed by atoms with Crippen LogP contribution in [-0.4, -0.2) is 5.71 Å². The van der Waals surface area contributed by atoms with Crippen molar-refractivity contribution in [2.45, 2.75) is 33.1 Å². The van der Waals surface area contributed by atoms with Crippen molar-refractivity contribution in [2.75, 3.05) is 0 Å². The summed E-state index contributed by atoms with van der Waals surface area (Å²) in [6.45, 7) is 4.54. The van der Waals surface area contributed by atoms with Crippen molar-refractivity contribution < 1.29 is 0 Å². The third kappa shape index (κ3) is 6.71. The molecule has 0 radical (unpaired) electrons. The summed E-state index contributed by atoms with van der Waals surface area (Å²) < 4.78 is 0. The monoisotopic (exact) mass is 719 g/mol. The van der Waals surface area contributed by atoms with E-state index in [9.17, 15) is 0 Å². The first-order valence-corrected chi connectivity index (χ1v) is 20.0. The van der Waals surface area contributed by atoms with Crippen LogP contribution in [0.4, 0.5) is 0 Å². The van der Waals surface area contributed by atoms with Crippen molar-refractivity contribution in [2.24, 2.45) is 10.9 Å². The van der Waals surface area contributed by atoms with Crippen molar-refractivity contribution in [1.82, 2.24) is 0 Å². The van der Waals surface area contributed by atoms with E-state index in [2.05, 4.69) is 208 Å². The molecule has 0 fully saturated rings. The normalized spacial score (nSPS) is 14.4. The Labute approximate surface area is 331 Å². The second-order valence-corrected chi connectivity index (χ2v) is 14.8. The third-order valence-corrected chi connectivity index (χ3v) is 11.4. The Hall–Kier alpha value is -6.57. The van der Waals surface area contributed by atoms with Crippen LogP contribution in [0, 0.1) is 5.92 Å². The predicted molar refractivity (Wildman–Crippen MR) is 240 cm³/mol. The van der Waals surface area contributed by atoms with Gasteiger partial charge in [0.05, 0.1) is 11.4 Å². The summed E-state index contributed by atoms with van der Waals surface area (Å²) in [6.07, 6.45) is 5.20. The molecule has 0 saturated heterocycles.